The highest BCUT2D eigenvalue weighted by Gasteiger charge is 2.03. The Hall–Kier alpha value is -1.05. The van der Waals surface area contributed by atoms with Gasteiger partial charge in [-0.3, -0.25) is 4.79 Å². The van der Waals surface area contributed by atoms with Crippen LogP contribution in [0.15, 0.2) is 18.2 Å². The van der Waals surface area contributed by atoms with E-state index in [1.807, 2.05) is 46.1 Å². The van der Waals surface area contributed by atoms with Gasteiger partial charge in [0.25, 0.3) is 0 Å². The number of benzene rings is 1. The molecule has 0 aliphatic carbocycles. The largest absolute Gasteiger partial charge is 0.295 e. The van der Waals surface area contributed by atoms with Gasteiger partial charge in [0.1, 0.15) is 7.28 Å². The van der Waals surface area contributed by atoms with E-state index in [-0.39, 0.29) is 5.78 Å². The van der Waals surface area contributed by atoms with Gasteiger partial charge in [0.2, 0.25) is 0 Å². The molecule has 0 heterocycles. The van der Waals surface area contributed by atoms with Gasteiger partial charge in [0.15, 0.2) is 5.78 Å². The van der Waals surface area contributed by atoms with E-state index in [0.29, 0.717) is 0 Å². The topological polar surface area (TPSA) is 17.1 Å². The summed E-state index contributed by atoms with van der Waals surface area (Å²) in [5.74, 6) is 0.130. The van der Waals surface area contributed by atoms with E-state index in [1.54, 1.807) is 6.92 Å². The molecule has 1 aromatic rings. The Morgan fingerprint density at radius 3 is 2.33 bits per heavy atom. The lowest BCUT2D eigenvalue weighted by molar-refractivity contribution is 0.101. The molecule has 0 amide bonds. The number of carbonyl (C=O) groups excluding carboxylic acids is 1. The average molecular weight is 203 g/mol. The minimum atomic E-state index is 0.130. The van der Waals surface area contributed by atoms with E-state index in [4.69, 9.17) is 0 Å². The van der Waals surface area contributed by atoms with Crippen LogP contribution >= 0.6 is 0 Å². The van der Waals surface area contributed by atoms with Crippen LogP contribution < -0.4 is 5.46 Å². The number of hydrogen-bond acceptors (Lipinski definition) is 1. The molecule has 81 valence electrons. The van der Waals surface area contributed by atoms with E-state index in [2.05, 4.69) is 6.92 Å². The Labute approximate surface area is 94.1 Å². The Morgan fingerprint density at radius 2 is 1.93 bits per heavy atom. The van der Waals surface area contributed by atoms with Gasteiger partial charge in [-0.15, -0.1) is 0 Å². The molecule has 1 radical (unpaired) electrons. The third kappa shape index (κ3) is 3.90. The van der Waals surface area contributed by atoms with Crippen LogP contribution in [-0.4, -0.2) is 13.1 Å². The minimum Gasteiger partial charge on any atom is -0.295 e. The first-order valence-corrected chi connectivity index (χ1v) is 5.62. The molecule has 0 unspecified atom stereocenters. The van der Waals surface area contributed by atoms with Crippen molar-refractivity contribution in [2.75, 3.05) is 0 Å². The number of Topliss-reactive ketones (excluding diaryl/α,β-unsaturated/α-hetero) is 1. The number of ketones is 1. The van der Waals surface area contributed by atoms with Gasteiger partial charge in [-0.25, -0.2) is 0 Å². The van der Waals surface area contributed by atoms with E-state index < -0.39 is 0 Å². The van der Waals surface area contributed by atoms with Crippen LogP contribution in [-0.2, 0) is 6.42 Å². The predicted octanol–water partition coefficient (Wildman–Crippen LogP) is 2.86. The highest BCUT2D eigenvalue weighted by Crippen LogP contribution is 2.03. The van der Waals surface area contributed by atoms with E-state index >= 15 is 0 Å². The molecule has 0 atom stereocenters. The van der Waals surface area contributed by atoms with Crippen LogP contribution in [0.5, 0.6) is 0 Å². The summed E-state index contributed by atoms with van der Waals surface area (Å²) in [5, 5.41) is 0. The van der Waals surface area contributed by atoms with Crippen LogP contribution in [0.25, 0.3) is 0 Å². The molecule has 1 rings (SSSR count). The maximum absolute atomic E-state index is 11.1. The molecule has 0 saturated carbocycles. The van der Waals surface area contributed by atoms with Gasteiger partial charge >= 0.3 is 0 Å². The van der Waals surface area contributed by atoms with Crippen LogP contribution in [0, 0.1) is 0 Å². The number of rotatable bonds is 3. The van der Waals surface area contributed by atoms with Gasteiger partial charge < -0.3 is 0 Å². The number of carbonyl (C=O) groups is 1. The Bertz CT molecular complexity index is 318. The molecule has 0 bridgehead atoms. The quantitative estimate of drug-likeness (QED) is 0.545. The second-order valence-corrected chi connectivity index (χ2v) is 3.11. The summed E-state index contributed by atoms with van der Waals surface area (Å²) in [6, 6.07) is 5.89. The Kier molecular flexibility index (Phi) is 6.77. The van der Waals surface area contributed by atoms with Gasteiger partial charge in [0, 0.05) is 5.56 Å². The second-order valence-electron chi connectivity index (χ2n) is 3.11. The maximum atomic E-state index is 11.1. The van der Waals surface area contributed by atoms with Crippen molar-refractivity contribution in [1.29, 1.82) is 0 Å². The predicted molar refractivity (Wildman–Crippen MR) is 68.4 cm³/mol. The highest BCUT2D eigenvalue weighted by molar-refractivity contribution is 6.52. The Morgan fingerprint density at radius 1 is 1.33 bits per heavy atom. The third-order valence-electron chi connectivity index (χ3n) is 2.24. The van der Waals surface area contributed by atoms with Crippen LogP contribution in [0.4, 0.5) is 0 Å². The van der Waals surface area contributed by atoms with E-state index in [9.17, 15) is 4.79 Å². The van der Waals surface area contributed by atoms with Crippen molar-refractivity contribution < 1.29 is 4.79 Å². The molecule has 0 aliphatic rings. The van der Waals surface area contributed by atoms with Crippen molar-refractivity contribution in [3.05, 3.63) is 29.3 Å². The molecule has 0 saturated heterocycles. The molecular weight excluding hydrogens is 183 g/mol. The van der Waals surface area contributed by atoms with Crippen molar-refractivity contribution in [2.45, 2.75) is 40.9 Å². The second kappa shape index (κ2) is 7.27. The zero-order chi connectivity index (χ0) is 11.8. The summed E-state index contributed by atoms with van der Waals surface area (Å²) in [6.07, 6.45) is 1.01. The molecule has 0 N–H and O–H groups in total. The highest BCUT2D eigenvalue weighted by atomic mass is 16.1. The fourth-order valence-corrected chi connectivity index (χ4v) is 1.40. The fraction of sp³-hybridized carbons (Fsp3) is 0.462. The molecule has 0 spiro atoms. The van der Waals surface area contributed by atoms with Crippen LogP contribution in [0.1, 0.15) is 43.6 Å². The standard InChI is InChI=1S/C11H14BO.C2H6/c1-4-9-5-6-10(8(2)13)7-11(9)12-3;1-2/h5-7H,4H2,1-3H3;1-2H3. The molecule has 1 aromatic carbocycles. The summed E-state index contributed by atoms with van der Waals surface area (Å²) in [4.78, 5) is 11.1. The third-order valence-corrected chi connectivity index (χ3v) is 2.24. The lowest BCUT2D eigenvalue weighted by Crippen LogP contribution is -2.17. The first kappa shape index (κ1) is 14.0. The van der Waals surface area contributed by atoms with Crippen molar-refractivity contribution in [3.63, 3.8) is 0 Å². The van der Waals surface area contributed by atoms with Crippen molar-refractivity contribution >= 4 is 18.5 Å². The molecule has 0 aromatic heterocycles. The summed E-state index contributed by atoms with van der Waals surface area (Å²) in [7, 11) is 2.05. The van der Waals surface area contributed by atoms with Crippen molar-refractivity contribution in [2.24, 2.45) is 0 Å². The minimum absolute atomic E-state index is 0.130. The van der Waals surface area contributed by atoms with Gasteiger partial charge in [-0.1, -0.05) is 56.8 Å². The molecular formula is C13H20BO. The number of aryl methyl sites for hydroxylation is 1. The molecule has 0 aliphatic heterocycles. The first-order chi connectivity index (χ1) is 7.19. The molecule has 0 fully saturated rings. The molecule has 2 heteroatoms. The zero-order valence-electron chi connectivity index (χ0n) is 10.4. The Balaban J connectivity index is 0.000000921. The van der Waals surface area contributed by atoms with Gasteiger partial charge in [-0.05, 0) is 13.3 Å². The summed E-state index contributed by atoms with van der Waals surface area (Å²) in [6.45, 7) is 9.72. The fourth-order valence-electron chi connectivity index (χ4n) is 1.40. The smallest absolute Gasteiger partial charge is 0.159 e. The SMILES string of the molecule is CC.C[B]c1cc(C(C)=O)ccc1CC. The van der Waals surface area contributed by atoms with Crippen molar-refractivity contribution in [1.82, 2.24) is 0 Å². The van der Waals surface area contributed by atoms with Gasteiger partial charge in [0.05, 0.1) is 0 Å². The lowest BCUT2D eigenvalue weighted by Gasteiger charge is -2.06. The maximum Gasteiger partial charge on any atom is 0.159 e. The molecule has 15 heavy (non-hydrogen) atoms. The monoisotopic (exact) mass is 203 g/mol. The van der Waals surface area contributed by atoms with Crippen LogP contribution in [0.2, 0.25) is 6.82 Å². The lowest BCUT2D eigenvalue weighted by atomic mass is 9.70. The van der Waals surface area contributed by atoms with Gasteiger partial charge in [-0.2, -0.15) is 0 Å². The average Bonchev–Trinajstić information content (AvgIpc) is 2.30. The first-order valence-electron chi connectivity index (χ1n) is 5.62. The van der Waals surface area contributed by atoms with Crippen molar-refractivity contribution in [3.8, 4) is 0 Å². The normalized spacial score (nSPS) is 8.87. The van der Waals surface area contributed by atoms with E-state index in [1.165, 1.54) is 11.0 Å². The zero-order valence-corrected chi connectivity index (χ0v) is 10.4. The summed E-state index contributed by atoms with van der Waals surface area (Å²) < 4.78 is 0. The van der Waals surface area contributed by atoms with E-state index in [0.717, 1.165) is 12.0 Å². The molecule has 1 nitrogen and oxygen atoms in total. The summed E-state index contributed by atoms with van der Waals surface area (Å²) >= 11 is 0. The summed E-state index contributed by atoms with van der Waals surface area (Å²) in [5.41, 5.74) is 3.27. The van der Waals surface area contributed by atoms with Crippen LogP contribution in [0.3, 0.4) is 0 Å². The number of hydrogen-bond donors (Lipinski definition) is 0.